The zero-order valence-electron chi connectivity index (χ0n) is 15.3. The lowest BCUT2D eigenvalue weighted by atomic mass is 10.1. The third-order valence-electron chi connectivity index (χ3n) is 3.70. The van der Waals surface area contributed by atoms with Crippen LogP contribution in [-0.4, -0.2) is 25.1 Å². The molecule has 0 saturated heterocycles. The minimum absolute atomic E-state index is 0.261. The standard InChI is InChI=1S/C20H22ClNO4/c1-12-5-6-17(16(21)9-12)22-18(23)10-25-19(24)11-26-20-14(3)7-13(2)8-15(20)4/h5-9H,10-11H2,1-4H3,(H,22,23). The van der Waals surface area contributed by atoms with Gasteiger partial charge in [-0.1, -0.05) is 35.4 Å². The second-order valence-electron chi connectivity index (χ2n) is 6.21. The van der Waals surface area contributed by atoms with Crippen LogP contribution in [0.25, 0.3) is 0 Å². The highest BCUT2D eigenvalue weighted by Gasteiger charge is 2.12. The van der Waals surface area contributed by atoms with Crippen molar-refractivity contribution in [1.29, 1.82) is 0 Å². The monoisotopic (exact) mass is 375 g/mol. The van der Waals surface area contributed by atoms with Crippen LogP contribution in [0.2, 0.25) is 5.02 Å². The first-order valence-electron chi connectivity index (χ1n) is 8.18. The highest BCUT2D eigenvalue weighted by molar-refractivity contribution is 6.33. The van der Waals surface area contributed by atoms with Crippen molar-refractivity contribution in [3.05, 3.63) is 57.6 Å². The summed E-state index contributed by atoms with van der Waals surface area (Å²) in [5.74, 6) is -0.426. The molecule has 0 fully saturated rings. The predicted molar refractivity (Wildman–Crippen MR) is 102 cm³/mol. The van der Waals surface area contributed by atoms with Crippen LogP contribution in [0.15, 0.2) is 30.3 Å². The lowest BCUT2D eigenvalue weighted by Gasteiger charge is -2.13. The number of benzene rings is 2. The minimum atomic E-state index is -0.616. The van der Waals surface area contributed by atoms with E-state index in [2.05, 4.69) is 5.32 Å². The van der Waals surface area contributed by atoms with Gasteiger partial charge in [-0.2, -0.15) is 0 Å². The van der Waals surface area contributed by atoms with Gasteiger partial charge in [0.1, 0.15) is 5.75 Å². The van der Waals surface area contributed by atoms with Crippen LogP contribution in [0.3, 0.4) is 0 Å². The first-order valence-corrected chi connectivity index (χ1v) is 8.56. The quantitative estimate of drug-likeness (QED) is 0.771. The van der Waals surface area contributed by atoms with E-state index in [4.69, 9.17) is 21.1 Å². The molecule has 26 heavy (non-hydrogen) atoms. The highest BCUT2D eigenvalue weighted by Crippen LogP contribution is 2.24. The maximum absolute atomic E-state index is 11.9. The summed E-state index contributed by atoms with van der Waals surface area (Å²) in [5, 5.41) is 3.03. The molecule has 0 atom stereocenters. The molecule has 0 aliphatic heterocycles. The summed E-state index contributed by atoms with van der Waals surface area (Å²) >= 11 is 6.05. The average molecular weight is 376 g/mol. The molecule has 0 radical (unpaired) electrons. The summed E-state index contributed by atoms with van der Waals surface area (Å²) in [6.45, 7) is 7.06. The fourth-order valence-electron chi connectivity index (χ4n) is 2.62. The molecule has 5 nitrogen and oxygen atoms in total. The van der Waals surface area contributed by atoms with Crippen molar-refractivity contribution in [3.8, 4) is 5.75 Å². The highest BCUT2D eigenvalue weighted by atomic mass is 35.5. The van der Waals surface area contributed by atoms with E-state index in [1.54, 1.807) is 12.1 Å². The molecule has 0 saturated carbocycles. The molecule has 0 aliphatic rings. The van der Waals surface area contributed by atoms with Crippen LogP contribution in [0, 0.1) is 27.7 Å². The number of ether oxygens (including phenoxy) is 2. The van der Waals surface area contributed by atoms with Gasteiger partial charge < -0.3 is 14.8 Å². The molecule has 0 bridgehead atoms. The van der Waals surface area contributed by atoms with Gasteiger partial charge in [0.2, 0.25) is 0 Å². The Bertz CT molecular complexity index is 810. The van der Waals surface area contributed by atoms with Gasteiger partial charge in [0.25, 0.3) is 5.91 Å². The summed E-state index contributed by atoms with van der Waals surface area (Å²) in [6, 6.07) is 9.22. The second-order valence-corrected chi connectivity index (χ2v) is 6.62. The Balaban J connectivity index is 1.82. The van der Waals surface area contributed by atoms with E-state index < -0.39 is 18.5 Å². The van der Waals surface area contributed by atoms with Crippen molar-refractivity contribution in [2.45, 2.75) is 27.7 Å². The molecular weight excluding hydrogens is 354 g/mol. The molecule has 6 heteroatoms. The Hall–Kier alpha value is -2.53. The van der Waals surface area contributed by atoms with Crippen molar-refractivity contribution >= 4 is 29.2 Å². The molecule has 2 rings (SSSR count). The Labute approximate surface area is 158 Å². The Morgan fingerprint density at radius 3 is 2.23 bits per heavy atom. The number of anilines is 1. The number of amides is 1. The lowest BCUT2D eigenvalue weighted by Crippen LogP contribution is -2.24. The number of halogens is 1. The number of hydrogen-bond donors (Lipinski definition) is 1. The van der Waals surface area contributed by atoms with Gasteiger partial charge in [0, 0.05) is 0 Å². The number of aryl methyl sites for hydroxylation is 4. The number of hydrogen-bond acceptors (Lipinski definition) is 4. The zero-order chi connectivity index (χ0) is 19.3. The number of carbonyl (C=O) groups excluding carboxylic acids is 2. The van der Waals surface area contributed by atoms with Crippen LogP contribution in [0.1, 0.15) is 22.3 Å². The van der Waals surface area contributed by atoms with Crippen molar-refractivity contribution in [1.82, 2.24) is 0 Å². The maximum atomic E-state index is 11.9. The smallest absolute Gasteiger partial charge is 0.344 e. The SMILES string of the molecule is Cc1cc(C)c(OCC(=O)OCC(=O)Nc2ccc(C)cc2Cl)c(C)c1. The van der Waals surface area contributed by atoms with Crippen LogP contribution in [0.4, 0.5) is 5.69 Å². The van der Waals surface area contributed by atoms with Gasteiger partial charge in [-0.05, 0) is 56.5 Å². The predicted octanol–water partition coefficient (Wildman–Crippen LogP) is 4.13. The van der Waals surface area contributed by atoms with Gasteiger partial charge in [-0.25, -0.2) is 4.79 Å². The van der Waals surface area contributed by atoms with Crippen molar-refractivity contribution in [2.24, 2.45) is 0 Å². The van der Waals surface area contributed by atoms with Gasteiger partial charge >= 0.3 is 5.97 Å². The van der Waals surface area contributed by atoms with Crippen molar-refractivity contribution < 1.29 is 19.1 Å². The number of esters is 1. The van der Waals surface area contributed by atoms with Crippen LogP contribution in [0.5, 0.6) is 5.75 Å². The van der Waals surface area contributed by atoms with Crippen molar-refractivity contribution in [3.63, 3.8) is 0 Å². The summed E-state index contributed by atoms with van der Waals surface area (Å²) < 4.78 is 10.5. The van der Waals surface area contributed by atoms with Gasteiger partial charge in [0.05, 0.1) is 10.7 Å². The zero-order valence-corrected chi connectivity index (χ0v) is 16.1. The van der Waals surface area contributed by atoms with E-state index in [0.29, 0.717) is 16.5 Å². The molecule has 0 aromatic heterocycles. The van der Waals surface area contributed by atoms with E-state index in [0.717, 1.165) is 22.3 Å². The topological polar surface area (TPSA) is 64.6 Å². The van der Waals surface area contributed by atoms with E-state index in [1.807, 2.05) is 45.9 Å². The fraction of sp³-hybridized carbons (Fsp3) is 0.300. The Morgan fingerprint density at radius 1 is 0.962 bits per heavy atom. The van der Waals surface area contributed by atoms with E-state index in [1.165, 1.54) is 0 Å². The summed E-state index contributed by atoms with van der Waals surface area (Å²) in [7, 11) is 0. The molecule has 2 aromatic rings. The molecule has 0 heterocycles. The molecule has 1 N–H and O–H groups in total. The molecule has 0 spiro atoms. The third kappa shape index (κ3) is 5.49. The molecule has 1 amide bonds. The minimum Gasteiger partial charge on any atom is -0.481 e. The molecule has 138 valence electrons. The van der Waals surface area contributed by atoms with Crippen LogP contribution < -0.4 is 10.1 Å². The Morgan fingerprint density at radius 2 is 1.62 bits per heavy atom. The van der Waals surface area contributed by atoms with Gasteiger partial charge in [0.15, 0.2) is 13.2 Å². The van der Waals surface area contributed by atoms with Gasteiger partial charge in [-0.3, -0.25) is 4.79 Å². The number of carbonyl (C=O) groups is 2. The molecular formula is C20H22ClNO4. The average Bonchev–Trinajstić information content (AvgIpc) is 2.54. The first kappa shape index (κ1) is 19.8. The number of rotatable bonds is 6. The van der Waals surface area contributed by atoms with Crippen LogP contribution in [-0.2, 0) is 14.3 Å². The summed E-state index contributed by atoms with van der Waals surface area (Å²) in [6.07, 6.45) is 0. The van der Waals surface area contributed by atoms with Crippen molar-refractivity contribution in [2.75, 3.05) is 18.5 Å². The first-order chi connectivity index (χ1) is 12.3. The molecule has 0 aliphatic carbocycles. The lowest BCUT2D eigenvalue weighted by molar-refractivity contribution is -0.149. The molecule has 2 aromatic carbocycles. The van der Waals surface area contributed by atoms with Gasteiger partial charge in [-0.15, -0.1) is 0 Å². The maximum Gasteiger partial charge on any atom is 0.344 e. The van der Waals surface area contributed by atoms with Crippen LogP contribution >= 0.6 is 11.6 Å². The number of nitrogens with one attached hydrogen (secondary N) is 1. The summed E-state index contributed by atoms with van der Waals surface area (Å²) in [5.41, 5.74) is 4.48. The second kappa shape index (κ2) is 8.72. The van der Waals surface area contributed by atoms with E-state index >= 15 is 0 Å². The van der Waals surface area contributed by atoms with E-state index in [-0.39, 0.29) is 6.61 Å². The largest absolute Gasteiger partial charge is 0.481 e. The van der Waals surface area contributed by atoms with E-state index in [9.17, 15) is 9.59 Å². The third-order valence-corrected chi connectivity index (χ3v) is 4.01. The summed E-state index contributed by atoms with van der Waals surface area (Å²) in [4.78, 5) is 23.7. The molecule has 0 unspecified atom stereocenters. The Kier molecular flexibility index (Phi) is 6.64. The fourth-order valence-corrected chi connectivity index (χ4v) is 2.90. The normalized spacial score (nSPS) is 10.3.